The molecular weight excluding hydrogens is 961 g/mol. The Kier molecular flexibility index (Phi) is 28.6. The first kappa shape index (κ1) is 55.5. The van der Waals surface area contributed by atoms with Gasteiger partial charge < -0.3 is 29.7 Å². The van der Waals surface area contributed by atoms with Crippen LogP contribution in [0.1, 0.15) is 116 Å². The van der Waals surface area contributed by atoms with Crippen molar-refractivity contribution in [3.05, 3.63) is 150 Å². The summed E-state index contributed by atoms with van der Waals surface area (Å²) < 4.78 is 0. The molecule has 0 radical (unpaired) electrons. The summed E-state index contributed by atoms with van der Waals surface area (Å²) in [5, 5.41) is 0. The molecule has 10 aliphatic rings. The SMILES string of the molecule is C1=CC2CCC(CCC3CCC4C=CC=CC43)C2C=C1.C1=CCC2=CC=C(CCC3CCC4C=CC=CC43)C2=C1.C1CCC2CCCC2C1.[CH3-].[CH3-].[CH3-].[CH3-].[Cl][Zr+2][Cl].[Cl][Zr+2][Cl]. The average molecular weight is 1040 g/mol. The second kappa shape index (κ2) is 30.5. The van der Waals surface area contributed by atoms with Crippen LogP contribution < -0.4 is 0 Å². The summed E-state index contributed by atoms with van der Waals surface area (Å²) >= 11 is -1.65. The Hall–Kier alpha value is 0.326. The fourth-order valence-corrected chi connectivity index (χ4v) is 12.2. The molecule has 11 unspecified atom stereocenters. The summed E-state index contributed by atoms with van der Waals surface area (Å²) in [6.07, 6.45) is 65.8. The van der Waals surface area contributed by atoms with Crippen LogP contribution in [0.25, 0.3) is 0 Å². The zero-order valence-electron chi connectivity index (χ0n) is 36.9. The minimum absolute atomic E-state index is 0. The van der Waals surface area contributed by atoms with Gasteiger partial charge in [-0.15, -0.1) is 0 Å². The van der Waals surface area contributed by atoms with Gasteiger partial charge in [-0.25, -0.2) is 0 Å². The van der Waals surface area contributed by atoms with Gasteiger partial charge in [0.2, 0.25) is 0 Å². The van der Waals surface area contributed by atoms with E-state index >= 15 is 0 Å². The van der Waals surface area contributed by atoms with Crippen molar-refractivity contribution < 1.29 is 41.7 Å². The Labute approximate surface area is 402 Å². The topological polar surface area (TPSA) is 0 Å². The Morgan fingerprint density at radius 1 is 0.441 bits per heavy atom. The Balaban J connectivity index is 0.000000290. The molecule has 5 saturated carbocycles. The summed E-state index contributed by atoms with van der Waals surface area (Å²) in [7, 11) is 19.7. The molecule has 0 aromatic rings. The van der Waals surface area contributed by atoms with E-state index in [1.54, 1.807) is 31.3 Å². The fraction of sp³-hybridized carbons (Fsp3) is 0.547. The van der Waals surface area contributed by atoms with Crippen molar-refractivity contribution in [3.8, 4) is 0 Å². The van der Waals surface area contributed by atoms with Gasteiger partial charge >= 0.3 is 75.7 Å². The molecule has 10 aliphatic carbocycles. The number of halogens is 4. The summed E-state index contributed by atoms with van der Waals surface area (Å²) in [4.78, 5) is 0. The monoisotopic (exact) mass is 1030 g/mol. The molecule has 10 rings (SSSR count). The molecule has 11 atom stereocenters. The molecule has 0 aromatic carbocycles. The van der Waals surface area contributed by atoms with Crippen LogP contribution in [-0.4, -0.2) is 0 Å². The van der Waals surface area contributed by atoms with Gasteiger partial charge in [0.1, 0.15) is 0 Å². The zero-order valence-corrected chi connectivity index (χ0v) is 44.8. The predicted octanol–water partition coefficient (Wildman–Crippen LogP) is 18.1. The molecule has 0 amide bonds. The van der Waals surface area contributed by atoms with Crippen LogP contribution in [0.5, 0.6) is 0 Å². The molecule has 5 fully saturated rings. The summed E-state index contributed by atoms with van der Waals surface area (Å²) in [6, 6.07) is 0. The van der Waals surface area contributed by atoms with E-state index in [0.717, 1.165) is 59.7 Å². The second-order valence-electron chi connectivity index (χ2n) is 17.6. The van der Waals surface area contributed by atoms with Crippen molar-refractivity contribution in [2.45, 2.75) is 116 Å². The Bertz CT molecular complexity index is 1450. The van der Waals surface area contributed by atoms with Crippen molar-refractivity contribution in [2.75, 3.05) is 0 Å². The maximum atomic E-state index is 4.93. The molecule has 0 aromatic heterocycles. The van der Waals surface area contributed by atoms with Crippen LogP contribution in [-0.2, 0) is 41.7 Å². The van der Waals surface area contributed by atoms with Crippen molar-refractivity contribution >= 4 is 34.1 Å². The molecule has 59 heavy (non-hydrogen) atoms. The molecule has 0 saturated heterocycles. The van der Waals surface area contributed by atoms with E-state index in [1.807, 2.05) is 0 Å². The third kappa shape index (κ3) is 16.1. The van der Waals surface area contributed by atoms with E-state index in [2.05, 4.69) is 103 Å². The number of hydrogen-bond donors (Lipinski definition) is 0. The number of rotatable bonds is 6. The standard InChI is InChI=1S/C20H26.C20H22.C9H16.4CH3.4ClH.2Zr/c2*1-3-7-19-15(5-1)9-11-17(19)13-14-18-12-10-16-6-2-4-8-20(16)18;1-2-5-9-7-3-6-8(9)4-1;;;;;;;;;;/h1-8,15-20H,9-14H2;1-5,7-8,10,12,15,17,19H,6,9,11,13-14H2;8-9H,1-7H2;4*1H3;4*1H;;/q;;;4*-1;;;;;2*+4/p-4. The normalized spacial score (nSPS) is 33.4. The molecule has 0 spiro atoms. The third-order valence-electron chi connectivity index (χ3n) is 15.0. The molecule has 0 aliphatic heterocycles. The molecule has 0 N–H and O–H groups in total. The first-order valence-electron chi connectivity index (χ1n) is 21.9. The van der Waals surface area contributed by atoms with E-state index in [1.165, 1.54) is 106 Å². The first-order chi connectivity index (χ1) is 27.1. The molecular formula is C53H76Cl4Zr2. The van der Waals surface area contributed by atoms with Gasteiger partial charge in [-0.05, 0) is 152 Å². The second-order valence-corrected chi connectivity index (χ2v) is 25.1. The Morgan fingerprint density at radius 2 is 0.847 bits per heavy atom. The van der Waals surface area contributed by atoms with E-state index in [-0.39, 0.29) is 29.7 Å². The van der Waals surface area contributed by atoms with Crippen LogP contribution in [0.3, 0.4) is 0 Å². The summed E-state index contributed by atoms with van der Waals surface area (Å²) in [5.41, 5.74) is 4.61. The molecule has 6 heteroatoms. The van der Waals surface area contributed by atoms with Crippen molar-refractivity contribution in [1.82, 2.24) is 0 Å². The number of hydrogen-bond acceptors (Lipinski definition) is 0. The van der Waals surface area contributed by atoms with Gasteiger partial charge in [0.15, 0.2) is 0 Å². The van der Waals surface area contributed by atoms with Crippen LogP contribution in [0.2, 0.25) is 0 Å². The molecule has 0 nitrogen and oxygen atoms in total. The van der Waals surface area contributed by atoms with Crippen LogP contribution >= 0.6 is 34.1 Å². The number of allylic oxidation sites excluding steroid dienone is 20. The van der Waals surface area contributed by atoms with E-state index in [9.17, 15) is 0 Å². The predicted molar refractivity (Wildman–Crippen MR) is 259 cm³/mol. The van der Waals surface area contributed by atoms with Crippen molar-refractivity contribution in [1.29, 1.82) is 0 Å². The van der Waals surface area contributed by atoms with Gasteiger partial charge in [0, 0.05) is 0 Å². The van der Waals surface area contributed by atoms with Gasteiger partial charge in [-0.3, -0.25) is 0 Å². The molecule has 0 heterocycles. The van der Waals surface area contributed by atoms with Gasteiger partial charge in [0.25, 0.3) is 0 Å². The zero-order chi connectivity index (χ0) is 38.2. The maximum absolute atomic E-state index is 4.93. The molecule has 324 valence electrons. The fourth-order valence-electron chi connectivity index (χ4n) is 12.2. The van der Waals surface area contributed by atoms with Crippen molar-refractivity contribution in [3.63, 3.8) is 0 Å². The van der Waals surface area contributed by atoms with E-state index in [4.69, 9.17) is 34.1 Å². The van der Waals surface area contributed by atoms with Gasteiger partial charge in [-0.1, -0.05) is 148 Å². The van der Waals surface area contributed by atoms with Gasteiger partial charge in [-0.2, -0.15) is 0 Å². The third-order valence-corrected chi connectivity index (χ3v) is 15.0. The average Bonchev–Trinajstić information content (AvgIpc) is 4.08. The number of fused-ring (bicyclic) bond motifs is 5. The van der Waals surface area contributed by atoms with E-state index < -0.39 is 41.7 Å². The van der Waals surface area contributed by atoms with Crippen LogP contribution in [0.4, 0.5) is 0 Å². The van der Waals surface area contributed by atoms with Crippen LogP contribution in [0, 0.1) is 94.8 Å². The van der Waals surface area contributed by atoms with Crippen LogP contribution in [0.15, 0.2) is 120 Å². The summed E-state index contributed by atoms with van der Waals surface area (Å²) in [6.45, 7) is 0. The minimum atomic E-state index is -0.826. The van der Waals surface area contributed by atoms with E-state index in [0.29, 0.717) is 0 Å². The quantitative estimate of drug-likeness (QED) is 0.233. The summed E-state index contributed by atoms with van der Waals surface area (Å²) in [5.74, 6) is 10.2. The van der Waals surface area contributed by atoms with Crippen molar-refractivity contribution in [2.24, 2.45) is 65.1 Å². The Morgan fingerprint density at radius 3 is 1.31 bits per heavy atom. The van der Waals surface area contributed by atoms with Gasteiger partial charge in [0.05, 0.1) is 0 Å². The first-order valence-corrected chi connectivity index (χ1v) is 34.5. The molecule has 0 bridgehead atoms.